The summed E-state index contributed by atoms with van der Waals surface area (Å²) in [5.41, 5.74) is 2.69. The van der Waals surface area contributed by atoms with Crippen LogP contribution in [-0.4, -0.2) is 7.05 Å². The van der Waals surface area contributed by atoms with E-state index in [9.17, 15) is 0 Å². The van der Waals surface area contributed by atoms with Gasteiger partial charge >= 0.3 is 0 Å². The zero-order valence-corrected chi connectivity index (χ0v) is 7.81. The number of nitrogens with one attached hydrogen (secondary N) is 1. The molecule has 1 N–H and O–H groups in total. The number of allylic oxidation sites excluding steroid dienone is 5. The van der Waals surface area contributed by atoms with E-state index in [1.165, 1.54) is 11.1 Å². The molecular weight excluding hydrogens is 134 g/mol. The van der Waals surface area contributed by atoms with Crippen LogP contribution in [0.25, 0.3) is 0 Å². The van der Waals surface area contributed by atoms with Crippen molar-refractivity contribution in [3.05, 3.63) is 35.6 Å². The fourth-order valence-corrected chi connectivity index (χ4v) is 0.518. The van der Waals surface area contributed by atoms with Gasteiger partial charge in [-0.25, -0.2) is 0 Å². The summed E-state index contributed by atoms with van der Waals surface area (Å²) in [6.45, 7) is 6.34. The molecule has 0 saturated carbocycles. The Hall–Kier alpha value is -0.980. The first-order valence-electron chi connectivity index (χ1n) is 3.83. The van der Waals surface area contributed by atoms with Crippen LogP contribution in [0.4, 0.5) is 0 Å². The lowest BCUT2D eigenvalue weighted by Gasteiger charge is -1.92. The van der Waals surface area contributed by atoms with Crippen LogP contribution in [0, 0.1) is 0 Å². The molecule has 0 aliphatic carbocycles. The lowest BCUT2D eigenvalue weighted by atomic mass is 10.2. The zero-order valence-electron chi connectivity index (χ0n) is 7.81. The topological polar surface area (TPSA) is 12.0 Å². The highest BCUT2D eigenvalue weighted by atomic mass is 14.8. The average Bonchev–Trinajstić information content (AvgIpc) is 1.97. The van der Waals surface area contributed by atoms with E-state index in [1.807, 2.05) is 25.4 Å². The van der Waals surface area contributed by atoms with E-state index in [1.54, 1.807) is 0 Å². The minimum atomic E-state index is 1.32. The van der Waals surface area contributed by atoms with Gasteiger partial charge in [0.15, 0.2) is 0 Å². The van der Waals surface area contributed by atoms with E-state index >= 15 is 0 Å². The predicted molar refractivity (Wildman–Crippen MR) is 51.4 cm³/mol. The van der Waals surface area contributed by atoms with Gasteiger partial charge in [-0.15, -0.1) is 0 Å². The highest BCUT2D eigenvalue weighted by Crippen LogP contribution is 2.02. The quantitative estimate of drug-likeness (QED) is 0.611. The molecule has 62 valence electrons. The fourth-order valence-electron chi connectivity index (χ4n) is 0.518. The summed E-state index contributed by atoms with van der Waals surface area (Å²) in [7, 11) is 1.89. The average molecular weight is 151 g/mol. The first-order chi connectivity index (χ1) is 5.18. The van der Waals surface area contributed by atoms with Crippen LogP contribution >= 0.6 is 0 Å². The summed E-state index contributed by atoms with van der Waals surface area (Å²) in [6, 6.07) is 0. The Kier molecular flexibility index (Phi) is 5.26. The molecule has 0 fully saturated rings. The van der Waals surface area contributed by atoms with E-state index in [-0.39, 0.29) is 0 Å². The van der Waals surface area contributed by atoms with Crippen LogP contribution in [0.1, 0.15) is 20.8 Å². The first-order valence-corrected chi connectivity index (χ1v) is 3.83. The first kappa shape index (κ1) is 10.0. The minimum Gasteiger partial charge on any atom is -0.394 e. The van der Waals surface area contributed by atoms with E-state index < -0.39 is 0 Å². The molecule has 0 aromatic rings. The van der Waals surface area contributed by atoms with Crippen LogP contribution in [0.15, 0.2) is 35.6 Å². The van der Waals surface area contributed by atoms with Crippen molar-refractivity contribution in [3.8, 4) is 0 Å². The molecule has 0 aliphatic heterocycles. The van der Waals surface area contributed by atoms with E-state index in [2.05, 4.69) is 32.2 Å². The maximum atomic E-state index is 2.92. The van der Waals surface area contributed by atoms with Crippen molar-refractivity contribution in [2.45, 2.75) is 20.8 Å². The Labute approximate surface area is 69.5 Å². The Bertz CT molecular complexity index is 181. The highest BCUT2D eigenvalue weighted by Gasteiger charge is 1.81. The molecule has 1 heteroatoms. The molecule has 0 radical (unpaired) electrons. The Balaban J connectivity index is 3.94. The minimum absolute atomic E-state index is 1.32. The van der Waals surface area contributed by atoms with Crippen LogP contribution in [0.2, 0.25) is 0 Å². The lowest BCUT2D eigenvalue weighted by molar-refractivity contribution is 1.10. The summed E-state index contributed by atoms with van der Waals surface area (Å²) >= 11 is 0. The molecule has 0 atom stereocenters. The summed E-state index contributed by atoms with van der Waals surface area (Å²) in [6.07, 6.45) is 8.00. The maximum Gasteiger partial charge on any atom is 0.00277 e. The summed E-state index contributed by atoms with van der Waals surface area (Å²) < 4.78 is 0. The van der Waals surface area contributed by atoms with Gasteiger partial charge in [0.1, 0.15) is 0 Å². The van der Waals surface area contributed by atoms with Gasteiger partial charge in [-0.3, -0.25) is 0 Å². The van der Waals surface area contributed by atoms with Crippen molar-refractivity contribution in [2.75, 3.05) is 7.05 Å². The second-order valence-electron chi connectivity index (χ2n) is 2.69. The van der Waals surface area contributed by atoms with Gasteiger partial charge < -0.3 is 5.32 Å². The number of hydrogen-bond acceptors (Lipinski definition) is 1. The third-order valence-electron chi connectivity index (χ3n) is 1.51. The molecule has 1 nitrogen and oxygen atoms in total. The number of hydrogen-bond donors (Lipinski definition) is 1. The van der Waals surface area contributed by atoms with Gasteiger partial charge in [0.05, 0.1) is 0 Å². The molecule has 0 unspecified atom stereocenters. The molecule has 0 spiro atoms. The molecule has 0 saturated heterocycles. The van der Waals surface area contributed by atoms with E-state index in [4.69, 9.17) is 0 Å². The molecule has 0 aromatic heterocycles. The smallest absolute Gasteiger partial charge is 0.00277 e. The monoisotopic (exact) mass is 151 g/mol. The molecular formula is C10H17N. The molecule has 0 bridgehead atoms. The summed E-state index contributed by atoms with van der Waals surface area (Å²) in [5.74, 6) is 0. The molecule has 0 aromatic carbocycles. The SMILES string of the molecule is CNC=CC=CC(C)=C(C)C. The van der Waals surface area contributed by atoms with Gasteiger partial charge in [0.2, 0.25) is 0 Å². The van der Waals surface area contributed by atoms with Crippen LogP contribution in [0.5, 0.6) is 0 Å². The standard InChI is InChI=1S/C10H17N/c1-9(2)10(3)7-5-6-8-11-4/h5-8,11H,1-4H3. The van der Waals surface area contributed by atoms with Crippen LogP contribution in [0.3, 0.4) is 0 Å². The lowest BCUT2D eigenvalue weighted by Crippen LogP contribution is -1.89. The molecule has 0 amide bonds. The van der Waals surface area contributed by atoms with Gasteiger partial charge in [-0.05, 0) is 33.0 Å². The Morgan fingerprint density at radius 2 is 1.73 bits per heavy atom. The largest absolute Gasteiger partial charge is 0.394 e. The maximum absolute atomic E-state index is 2.92. The highest BCUT2D eigenvalue weighted by molar-refractivity contribution is 5.23. The van der Waals surface area contributed by atoms with E-state index in [0.717, 1.165) is 0 Å². The van der Waals surface area contributed by atoms with Gasteiger partial charge in [0, 0.05) is 7.05 Å². The Morgan fingerprint density at radius 3 is 2.18 bits per heavy atom. The van der Waals surface area contributed by atoms with Gasteiger partial charge in [-0.1, -0.05) is 23.3 Å². The molecule has 0 aliphatic rings. The molecule has 0 rings (SSSR count). The summed E-state index contributed by atoms with van der Waals surface area (Å²) in [5, 5.41) is 2.92. The third kappa shape index (κ3) is 5.46. The van der Waals surface area contributed by atoms with Crippen molar-refractivity contribution in [1.82, 2.24) is 5.32 Å². The van der Waals surface area contributed by atoms with Gasteiger partial charge in [-0.2, -0.15) is 0 Å². The fraction of sp³-hybridized carbons (Fsp3) is 0.400. The van der Waals surface area contributed by atoms with Crippen molar-refractivity contribution in [1.29, 1.82) is 0 Å². The van der Waals surface area contributed by atoms with E-state index in [0.29, 0.717) is 0 Å². The second kappa shape index (κ2) is 5.78. The number of rotatable bonds is 3. The third-order valence-corrected chi connectivity index (χ3v) is 1.51. The Morgan fingerprint density at radius 1 is 1.09 bits per heavy atom. The van der Waals surface area contributed by atoms with Crippen LogP contribution < -0.4 is 5.32 Å². The predicted octanol–water partition coefficient (Wildman–Crippen LogP) is 2.63. The molecule has 0 heterocycles. The summed E-state index contributed by atoms with van der Waals surface area (Å²) in [4.78, 5) is 0. The van der Waals surface area contributed by atoms with Crippen LogP contribution in [-0.2, 0) is 0 Å². The normalized spacial score (nSPS) is 10.9. The molecule has 11 heavy (non-hydrogen) atoms. The van der Waals surface area contributed by atoms with Crippen molar-refractivity contribution in [2.24, 2.45) is 0 Å². The van der Waals surface area contributed by atoms with Gasteiger partial charge in [0.25, 0.3) is 0 Å². The van der Waals surface area contributed by atoms with Crippen molar-refractivity contribution < 1.29 is 0 Å². The van der Waals surface area contributed by atoms with Crippen molar-refractivity contribution >= 4 is 0 Å². The van der Waals surface area contributed by atoms with Crippen molar-refractivity contribution in [3.63, 3.8) is 0 Å². The zero-order chi connectivity index (χ0) is 8.69. The second-order valence-corrected chi connectivity index (χ2v) is 2.69.